The number of hydrogen-bond donors (Lipinski definition) is 1. The molecule has 0 unspecified atom stereocenters. The molecule has 0 bridgehead atoms. The van der Waals surface area contributed by atoms with Gasteiger partial charge in [0, 0.05) is 17.9 Å². The van der Waals surface area contributed by atoms with E-state index in [2.05, 4.69) is 5.32 Å². The molecule has 0 saturated carbocycles. The summed E-state index contributed by atoms with van der Waals surface area (Å²) in [5.41, 5.74) is 3.88. The van der Waals surface area contributed by atoms with Gasteiger partial charge in [-0.1, -0.05) is 24.3 Å². The fourth-order valence-corrected chi connectivity index (χ4v) is 2.84. The molecule has 4 heteroatoms. The van der Waals surface area contributed by atoms with E-state index in [0.29, 0.717) is 13.0 Å². The highest BCUT2D eigenvalue weighted by Crippen LogP contribution is 2.26. The molecule has 1 aliphatic rings. The van der Waals surface area contributed by atoms with Crippen LogP contribution < -0.4 is 10.2 Å². The molecule has 118 valence electrons. The first-order valence-electron chi connectivity index (χ1n) is 7.81. The summed E-state index contributed by atoms with van der Waals surface area (Å²) < 4.78 is 0. The van der Waals surface area contributed by atoms with Crippen molar-refractivity contribution in [3.8, 4) is 0 Å². The third kappa shape index (κ3) is 3.11. The number of amides is 2. The Kier molecular flexibility index (Phi) is 4.15. The molecule has 1 atom stereocenters. The zero-order valence-electron chi connectivity index (χ0n) is 13.4. The number of nitrogens with one attached hydrogen (secondary N) is 1. The van der Waals surface area contributed by atoms with Crippen molar-refractivity contribution in [1.29, 1.82) is 0 Å². The molecule has 2 amide bonds. The topological polar surface area (TPSA) is 49.4 Å². The first-order valence-corrected chi connectivity index (χ1v) is 7.81. The highest BCUT2D eigenvalue weighted by molar-refractivity contribution is 6.13. The number of hydrogen-bond acceptors (Lipinski definition) is 2. The van der Waals surface area contributed by atoms with Crippen LogP contribution in [0.5, 0.6) is 0 Å². The predicted molar refractivity (Wildman–Crippen MR) is 91.4 cm³/mol. The zero-order valence-corrected chi connectivity index (χ0v) is 13.4. The largest absolute Gasteiger partial charge is 0.325 e. The average Bonchev–Trinajstić information content (AvgIpc) is 2.93. The van der Waals surface area contributed by atoms with Crippen LogP contribution in [0.1, 0.15) is 17.5 Å². The summed E-state index contributed by atoms with van der Waals surface area (Å²) in [5.74, 6) is -0.967. The molecule has 1 heterocycles. The van der Waals surface area contributed by atoms with Gasteiger partial charge < -0.3 is 10.2 Å². The van der Waals surface area contributed by atoms with Crippen molar-refractivity contribution in [2.24, 2.45) is 5.92 Å². The lowest BCUT2D eigenvalue weighted by molar-refractivity contribution is -0.129. The van der Waals surface area contributed by atoms with E-state index in [-0.39, 0.29) is 11.8 Å². The van der Waals surface area contributed by atoms with E-state index in [1.54, 1.807) is 4.90 Å². The van der Waals surface area contributed by atoms with E-state index >= 15 is 0 Å². The molecule has 0 aromatic heterocycles. The molecule has 1 saturated heterocycles. The van der Waals surface area contributed by atoms with Crippen LogP contribution in [0.3, 0.4) is 0 Å². The smallest absolute Gasteiger partial charge is 0.239 e. The first-order chi connectivity index (χ1) is 11.1. The van der Waals surface area contributed by atoms with E-state index in [4.69, 9.17) is 0 Å². The van der Waals surface area contributed by atoms with Gasteiger partial charge in [0.25, 0.3) is 0 Å². The Labute approximate surface area is 136 Å². The van der Waals surface area contributed by atoms with Gasteiger partial charge in [0.05, 0.1) is 0 Å². The lowest BCUT2D eigenvalue weighted by Crippen LogP contribution is -2.33. The summed E-state index contributed by atoms with van der Waals surface area (Å²) >= 11 is 0. The van der Waals surface area contributed by atoms with Crippen LogP contribution in [-0.4, -0.2) is 18.4 Å². The predicted octanol–water partition coefficient (Wildman–Crippen LogP) is 3.30. The van der Waals surface area contributed by atoms with Crippen LogP contribution in [0.15, 0.2) is 48.5 Å². The van der Waals surface area contributed by atoms with Crippen LogP contribution in [0.4, 0.5) is 11.4 Å². The number of carbonyl (C=O) groups excluding carboxylic acids is 2. The monoisotopic (exact) mass is 308 g/mol. The van der Waals surface area contributed by atoms with Crippen LogP contribution >= 0.6 is 0 Å². The third-order valence-corrected chi connectivity index (χ3v) is 4.36. The van der Waals surface area contributed by atoms with Gasteiger partial charge in [0.1, 0.15) is 5.92 Å². The van der Waals surface area contributed by atoms with Crippen molar-refractivity contribution in [2.45, 2.75) is 20.3 Å². The average molecular weight is 308 g/mol. The minimum Gasteiger partial charge on any atom is -0.325 e. The second-order valence-electron chi connectivity index (χ2n) is 5.95. The Morgan fingerprint density at radius 2 is 1.83 bits per heavy atom. The number of nitrogens with zero attached hydrogens (tertiary/aromatic N) is 1. The summed E-state index contributed by atoms with van der Waals surface area (Å²) in [6.07, 6.45) is 0.546. The van der Waals surface area contributed by atoms with Crippen LogP contribution in [0, 0.1) is 19.8 Å². The lowest BCUT2D eigenvalue weighted by atomic mass is 10.1. The van der Waals surface area contributed by atoms with Crippen LogP contribution in [0.25, 0.3) is 0 Å². The fourth-order valence-electron chi connectivity index (χ4n) is 2.84. The second-order valence-corrected chi connectivity index (χ2v) is 5.95. The minimum atomic E-state index is -0.614. The standard InChI is InChI=1S/C19H20N2O2/c1-13-8-9-15(12-14(13)2)20-18(22)17-10-11-21(19(17)23)16-6-4-3-5-7-16/h3-9,12,17H,10-11H2,1-2H3,(H,20,22)/t17-/m1/s1. The van der Waals surface area contributed by atoms with Gasteiger partial charge in [-0.2, -0.15) is 0 Å². The SMILES string of the molecule is Cc1ccc(NC(=O)[C@H]2CCN(c3ccccc3)C2=O)cc1C. The highest BCUT2D eigenvalue weighted by atomic mass is 16.2. The van der Waals surface area contributed by atoms with Gasteiger partial charge in [-0.15, -0.1) is 0 Å². The van der Waals surface area contributed by atoms with Crippen molar-refractivity contribution in [1.82, 2.24) is 0 Å². The van der Waals surface area contributed by atoms with Crippen molar-refractivity contribution >= 4 is 23.2 Å². The molecule has 0 spiro atoms. The van der Waals surface area contributed by atoms with Crippen molar-refractivity contribution in [3.63, 3.8) is 0 Å². The molecule has 23 heavy (non-hydrogen) atoms. The van der Waals surface area contributed by atoms with Crippen molar-refractivity contribution in [2.75, 3.05) is 16.8 Å². The fraction of sp³-hybridized carbons (Fsp3) is 0.263. The van der Waals surface area contributed by atoms with Gasteiger partial charge in [0.2, 0.25) is 11.8 Å². The summed E-state index contributed by atoms with van der Waals surface area (Å²) in [6, 6.07) is 15.3. The molecule has 1 aliphatic heterocycles. The van der Waals surface area contributed by atoms with E-state index in [0.717, 1.165) is 16.9 Å². The number of benzene rings is 2. The van der Waals surface area contributed by atoms with Crippen molar-refractivity contribution in [3.05, 3.63) is 59.7 Å². The van der Waals surface area contributed by atoms with E-state index in [9.17, 15) is 9.59 Å². The van der Waals surface area contributed by atoms with Gasteiger partial charge in [-0.3, -0.25) is 9.59 Å². The maximum Gasteiger partial charge on any atom is 0.239 e. The molecular weight excluding hydrogens is 288 g/mol. The number of rotatable bonds is 3. The van der Waals surface area contributed by atoms with Crippen LogP contribution in [0.2, 0.25) is 0 Å². The maximum atomic E-state index is 12.5. The Hall–Kier alpha value is -2.62. The maximum absolute atomic E-state index is 12.5. The summed E-state index contributed by atoms with van der Waals surface area (Å²) in [5, 5.41) is 2.87. The quantitative estimate of drug-likeness (QED) is 0.885. The molecule has 1 N–H and O–H groups in total. The molecule has 2 aromatic rings. The molecule has 1 fully saturated rings. The number of aryl methyl sites for hydroxylation is 2. The summed E-state index contributed by atoms with van der Waals surface area (Å²) in [6.45, 7) is 4.61. The third-order valence-electron chi connectivity index (χ3n) is 4.36. The van der Waals surface area contributed by atoms with Gasteiger partial charge in [-0.25, -0.2) is 0 Å². The Bertz CT molecular complexity index is 740. The van der Waals surface area contributed by atoms with E-state index < -0.39 is 5.92 Å². The lowest BCUT2D eigenvalue weighted by Gasteiger charge is -2.16. The molecule has 3 rings (SSSR count). The zero-order chi connectivity index (χ0) is 16.4. The highest BCUT2D eigenvalue weighted by Gasteiger charge is 2.37. The van der Waals surface area contributed by atoms with Gasteiger partial charge in [-0.05, 0) is 55.7 Å². The van der Waals surface area contributed by atoms with Gasteiger partial charge in [0.15, 0.2) is 0 Å². The second kappa shape index (κ2) is 6.24. The molecule has 0 aliphatic carbocycles. The van der Waals surface area contributed by atoms with E-state index in [1.165, 1.54) is 5.56 Å². The normalized spacial score (nSPS) is 17.4. The molecular formula is C19H20N2O2. The Morgan fingerprint density at radius 3 is 2.52 bits per heavy atom. The molecule has 2 aromatic carbocycles. The summed E-state index contributed by atoms with van der Waals surface area (Å²) in [4.78, 5) is 26.6. The number of anilines is 2. The van der Waals surface area contributed by atoms with Crippen LogP contribution in [-0.2, 0) is 9.59 Å². The molecule has 4 nitrogen and oxygen atoms in total. The molecule has 0 radical (unpaired) electrons. The van der Waals surface area contributed by atoms with E-state index in [1.807, 2.05) is 62.4 Å². The summed E-state index contributed by atoms with van der Waals surface area (Å²) in [7, 11) is 0. The van der Waals surface area contributed by atoms with Crippen molar-refractivity contribution < 1.29 is 9.59 Å². The Morgan fingerprint density at radius 1 is 1.09 bits per heavy atom. The minimum absolute atomic E-state index is 0.127. The van der Waals surface area contributed by atoms with Gasteiger partial charge >= 0.3 is 0 Å². The Balaban J connectivity index is 1.71. The number of carbonyl (C=O) groups is 2. The number of para-hydroxylation sites is 1. The first kappa shape index (κ1) is 15.3.